The fourth-order valence-corrected chi connectivity index (χ4v) is 3.22. The van der Waals surface area contributed by atoms with Crippen LogP contribution in [0.15, 0.2) is 73.3 Å². The maximum Gasteiger partial charge on any atom is 0.408 e. The zero-order valence-electron chi connectivity index (χ0n) is 17.1. The Hall–Kier alpha value is -3.88. The second kappa shape index (κ2) is 9.09. The first-order valence-electron chi connectivity index (χ1n) is 9.68. The van der Waals surface area contributed by atoms with Crippen molar-refractivity contribution in [2.24, 2.45) is 0 Å². The Kier molecular flexibility index (Phi) is 6.07. The highest BCUT2D eigenvalue weighted by molar-refractivity contribution is 5.80. The molecule has 0 radical (unpaired) electrons. The molecule has 0 aliphatic heterocycles. The molecule has 0 aliphatic carbocycles. The van der Waals surface area contributed by atoms with Crippen molar-refractivity contribution in [2.45, 2.75) is 19.3 Å². The van der Waals surface area contributed by atoms with Crippen molar-refractivity contribution in [3.8, 4) is 33.9 Å². The molecule has 1 aromatic carbocycles. The largest absolute Gasteiger partial charge is 0.495 e. The highest BCUT2D eigenvalue weighted by atomic mass is 19.4. The van der Waals surface area contributed by atoms with E-state index >= 15 is 0 Å². The number of hydrogen-bond donors (Lipinski definition) is 0. The van der Waals surface area contributed by atoms with E-state index in [4.69, 9.17) is 9.47 Å². The molecule has 0 unspecified atom stereocenters. The fraction of sp³-hybridized carbons (Fsp3) is 0.174. The summed E-state index contributed by atoms with van der Waals surface area (Å²) in [5, 5.41) is 4.20. The fourth-order valence-electron chi connectivity index (χ4n) is 3.22. The molecular formula is C23H19F3N4O2. The van der Waals surface area contributed by atoms with Crippen molar-refractivity contribution in [3.63, 3.8) is 0 Å². The molecule has 4 aromatic rings. The van der Waals surface area contributed by atoms with Gasteiger partial charge in [0, 0.05) is 35.9 Å². The lowest BCUT2D eigenvalue weighted by atomic mass is 10.0. The van der Waals surface area contributed by atoms with E-state index < -0.39 is 12.7 Å². The van der Waals surface area contributed by atoms with Gasteiger partial charge in [0.2, 0.25) is 0 Å². The highest BCUT2D eigenvalue weighted by Gasteiger charge is 2.29. The third-order valence-electron chi connectivity index (χ3n) is 4.67. The van der Waals surface area contributed by atoms with Crippen molar-refractivity contribution in [1.29, 1.82) is 0 Å². The number of rotatable bonds is 7. The van der Waals surface area contributed by atoms with Gasteiger partial charge in [0.15, 0.2) is 0 Å². The zero-order valence-corrected chi connectivity index (χ0v) is 17.1. The first kappa shape index (κ1) is 21.4. The average molecular weight is 440 g/mol. The molecular weight excluding hydrogens is 421 g/mol. The van der Waals surface area contributed by atoms with E-state index in [0.29, 0.717) is 34.0 Å². The number of aromatic nitrogens is 4. The van der Waals surface area contributed by atoms with Gasteiger partial charge in [-0.1, -0.05) is 0 Å². The summed E-state index contributed by atoms with van der Waals surface area (Å²) in [4.78, 5) is 8.22. The maximum absolute atomic E-state index is 12.9. The lowest BCUT2D eigenvalue weighted by Crippen LogP contribution is -2.17. The van der Waals surface area contributed by atoms with Crippen LogP contribution in [0.2, 0.25) is 0 Å². The Labute approximate surface area is 182 Å². The summed E-state index contributed by atoms with van der Waals surface area (Å²) in [6, 6.07) is 14.0. The number of halogens is 3. The van der Waals surface area contributed by atoms with Crippen molar-refractivity contribution in [1.82, 2.24) is 19.7 Å². The molecule has 3 aromatic heterocycles. The van der Waals surface area contributed by atoms with Gasteiger partial charge in [0.1, 0.15) is 36.0 Å². The minimum absolute atomic E-state index is 0.214. The van der Waals surface area contributed by atoms with Crippen LogP contribution in [0.25, 0.3) is 22.4 Å². The first-order valence-corrected chi connectivity index (χ1v) is 9.68. The first-order chi connectivity index (χ1) is 15.4. The van der Waals surface area contributed by atoms with Crippen molar-refractivity contribution < 1.29 is 22.6 Å². The summed E-state index contributed by atoms with van der Waals surface area (Å²) in [6.07, 6.45) is 1.85. The number of nitrogens with zero attached hydrogens (tertiary/aromatic N) is 4. The minimum atomic E-state index is -4.37. The zero-order chi connectivity index (χ0) is 22.6. The average Bonchev–Trinajstić information content (AvgIpc) is 3.21. The molecule has 0 spiro atoms. The lowest BCUT2D eigenvalue weighted by Gasteiger charge is -2.10. The molecule has 0 saturated carbocycles. The maximum atomic E-state index is 12.9. The van der Waals surface area contributed by atoms with E-state index in [2.05, 4.69) is 15.1 Å². The van der Waals surface area contributed by atoms with E-state index in [-0.39, 0.29) is 6.61 Å². The predicted octanol–water partition coefficient (Wildman–Crippen LogP) is 5.16. The third-order valence-corrected chi connectivity index (χ3v) is 4.67. The summed E-state index contributed by atoms with van der Waals surface area (Å²) in [7, 11) is 1.56. The Bertz CT molecular complexity index is 1180. The molecule has 164 valence electrons. The third kappa shape index (κ3) is 5.05. The van der Waals surface area contributed by atoms with Gasteiger partial charge in [-0.2, -0.15) is 18.3 Å². The quantitative estimate of drug-likeness (QED) is 0.397. The normalized spacial score (nSPS) is 11.4. The predicted molar refractivity (Wildman–Crippen MR) is 112 cm³/mol. The number of alkyl halides is 3. The number of benzene rings is 1. The van der Waals surface area contributed by atoms with Gasteiger partial charge in [-0.15, -0.1) is 0 Å². The van der Waals surface area contributed by atoms with E-state index in [1.165, 1.54) is 6.20 Å². The van der Waals surface area contributed by atoms with Gasteiger partial charge in [-0.05, 0) is 54.1 Å². The second-order valence-electron chi connectivity index (χ2n) is 6.91. The van der Waals surface area contributed by atoms with E-state index in [0.717, 1.165) is 10.2 Å². The number of ether oxygens (including phenoxy) is 2. The highest BCUT2D eigenvalue weighted by Crippen LogP contribution is 2.33. The smallest absolute Gasteiger partial charge is 0.408 e. The molecule has 0 saturated heterocycles. The van der Waals surface area contributed by atoms with Gasteiger partial charge < -0.3 is 9.47 Å². The number of hydrogen-bond acceptors (Lipinski definition) is 5. The van der Waals surface area contributed by atoms with Crippen LogP contribution in [0, 0.1) is 0 Å². The van der Waals surface area contributed by atoms with Crippen LogP contribution in [0.4, 0.5) is 13.2 Å². The van der Waals surface area contributed by atoms with Crippen LogP contribution >= 0.6 is 0 Å². The van der Waals surface area contributed by atoms with Crippen molar-refractivity contribution in [3.05, 3.63) is 79.0 Å². The topological polar surface area (TPSA) is 62.1 Å². The summed E-state index contributed by atoms with van der Waals surface area (Å²) >= 11 is 0. The Balaban J connectivity index is 1.59. The second-order valence-corrected chi connectivity index (χ2v) is 6.91. The van der Waals surface area contributed by atoms with Gasteiger partial charge in [0.25, 0.3) is 0 Å². The number of methoxy groups -OCH3 is 1. The molecule has 0 fully saturated rings. The van der Waals surface area contributed by atoms with E-state index in [1.54, 1.807) is 74.2 Å². The Morgan fingerprint density at radius 1 is 0.938 bits per heavy atom. The van der Waals surface area contributed by atoms with Gasteiger partial charge in [0.05, 0.1) is 7.11 Å². The van der Waals surface area contributed by atoms with E-state index in [9.17, 15) is 13.2 Å². The summed E-state index contributed by atoms with van der Waals surface area (Å²) in [5.74, 6) is 1.21. The van der Waals surface area contributed by atoms with Crippen LogP contribution in [0.1, 0.15) is 5.69 Å². The van der Waals surface area contributed by atoms with Gasteiger partial charge in [-0.3, -0.25) is 14.6 Å². The SMILES string of the molecule is COc1cccnc1COc1ccc(-c2nn(CC(F)(F)F)cc2-c2ccncc2)cc1. The molecule has 6 nitrogen and oxygen atoms in total. The van der Waals surface area contributed by atoms with Crippen LogP contribution in [0.5, 0.6) is 11.5 Å². The Morgan fingerprint density at radius 2 is 1.69 bits per heavy atom. The van der Waals surface area contributed by atoms with Crippen molar-refractivity contribution in [2.75, 3.05) is 7.11 Å². The molecule has 3 heterocycles. The van der Waals surface area contributed by atoms with E-state index in [1.807, 2.05) is 0 Å². The molecule has 0 N–H and O–H groups in total. The molecule has 4 rings (SSSR count). The molecule has 32 heavy (non-hydrogen) atoms. The van der Waals surface area contributed by atoms with Crippen LogP contribution < -0.4 is 9.47 Å². The van der Waals surface area contributed by atoms with Crippen LogP contribution in [0.3, 0.4) is 0 Å². The molecule has 0 atom stereocenters. The number of pyridine rings is 2. The summed E-state index contributed by atoms with van der Waals surface area (Å²) < 4.78 is 50.7. The lowest BCUT2D eigenvalue weighted by molar-refractivity contribution is -0.142. The Morgan fingerprint density at radius 3 is 2.38 bits per heavy atom. The monoisotopic (exact) mass is 440 g/mol. The standard InChI is InChI=1S/C23H19F3N4O2/c1-31-21-3-2-10-28-20(21)14-32-18-6-4-17(5-7-18)22-19(16-8-11-27-12-9-16)13-30(29-22)15-23(24,25)26/h2-13H,14-15H2,1H3. The molecule has 0 aliphatic rings. The van der Waals surface area contributed by atoms with Crippen LogP contribution in [-0.2, 0) is 13.2 Å². The van der Waals surface area contributed by atoms with Gasteiger partial charge in [-0.25, -0.2) is 0 Å². The summed E-state index contributed by atoms with van der Waals surface area (Å²) in [5.41, 5.74) is 3.08. The van der Waals surface area contributed by atoms with Gasteiger partial charge >= 0.3 is 6.18 Å². The molecule has 0 amide bonds. The summed E-state index contributed by atoms with van der Waals surface area (Å²) in [6.45, 7) is -0.954. The van der Waals surface area contributed by atoms with Crippen molar-refractivity contribution >= 4 is 0 Å². The molecule has 9 heteroatoms. The molecule has 0 bridgehead atoms. The van der Waals surface area contributed by atoms with Crippen LogP contribution in [-0.4, -0.2) is 33.0 Å². The minimum Gasteiger partial charge on any atom is -0.495 e.